The Hall–Kier alpha value is -0.820. The first-order valence-electron chi connectivity index (χ1n) is 6.40. The van der Waals surface area contributed by atoms with Gasteiger partial charge in [0.25, 0.3) is 0 Å². The maximum absolute atomic E-state index is 12.2. The van der Waals surface area contributed by atoms with E-state index in [1.54, 1.807) is 6.92 Å². The van der Waals surface area contributed by atoms with Gasteiger partial charge in [-0.15, -0.1) is 0 Å². The van der Waals surface area contributed by atoms with Crippen molar-refractivity contribution in [2.75, 3.05) is 25.9 Å². The Morgan fingerprint density at radius 3 is 2.50 bits per heavy atom. The van der Waals surface area contributed by atoms with Gasteiger partial charge in [0.15, 0.2) is 0 Å². The van der Waals surface area contributed by atoms with Crippen molar-refractivity contribution in [3.8, 4) is 0 Å². The van der Waals surface area contributed by atoms with E-state index in [-0.39, 0.29) is 4.90 Å². The molecule has 0 atom stereocenters. The molecule has 114 valence electrons. The molecular weight excluding hydrogens is 298 g/mol. The first-order valence-corrected chi connectivity index (χ1v) is 8.26. The highest BCUT2D eigenvalue weighted by Gasteiger charge is 2.16. The number of nitrogen functional groups attached to an aromatic ring is 1. The Morgan fingerprint density at radius 1 is 1.40 bits per heavy atom. The molecule has 0 spiro atoms. The minimum atomic E-state index is -3.58. The van der Waals surface area contributed by atoms with Crippen molar-refractivity contribution in [3.05, 3.63) is 22.7 Å². The SMILES string of the molecule is Cc1c(N)cc(S(=O)(=O)NCCN(C)C(C)C)cc1Cl. The summed E-state index contributed by atoms with van der Waals surface area (Å²) in [5.74, 6) is 0. The second-order valence-corrected chi connectivity index (χ2v) is 7.27. The minimum Gasteiger partial charge on any atom is -0.398 e. The Kier molecular flexibility index (Phi) is 5.82. The van der Waals surface area contributed by atoms with Crippen LogP contribution in [0.1, 0.15) is 19.4 Å². The zero-order chi connectivity index (χ0) is 15.5. The predicted molar refractivity (Wildman–Crippen MR) is 83.6 cm³/mol. The standard InChI is InChI=1S/C13H22ClN3O2S/c1-9(2)17(4)6-5-16-20(18,19)11-7-12(14)10(3)13(15)8-11/h7-9,16H,5-6,15H2,1-4H3. The molecule has 0 unspecified atom stereocenters. The Labute approximate surface area is 126 Å². The normalized spacial score (nSPS) is 12.3. The average Bonchev–Trinajstić information content (AvgIpc) is 2.34. The minimum absolute atomic E-state index is 0.0952. The molecule has 0 fully saturated rings. The van der Waals surface area contributed by atoms with Crippen LogP contribution in [0.25, 0.3) is 0 Å². The molecule has 0 aromatic heterocycles. The van der Waals surface area contributed by atoms with Gasteiger partial charge in [-0.2, -0.15) is 0 Å². The van der Waals surface area contributed by atoms with Crippen molar-refractivity contribution in [3.63, 3.8) is 0 Å². The van der Waals surface area contributed by atoms with E-state index >= 15 is 0 Å². The zero-order valence-electron chi connectivity index (χ0n) is 12.3. The summed E-state index contributed by atoms with van der Waals surface area (Å²) in [5, 5.41) is 0.352. The number of halogens is 1. The Bertz CT molecular complexity index is 550. The lowest BCUT2D eigenvalue weighted by molar-refractivity contribution is 0.278. The van der Waals surface area contributed by atoms with Gasteiger partial charge < -0.3 is 10.6 Å². The molecule has 0 aliphatic carbocycles. The summed E-state index contributed by atoms with van der Waals surface area (Å²) < 4.78 is 26.9. The summed E-state index contributed by atoms with van der Waals surface area (Å²) in [5.41, 5.74) is 6.81. The van der Waals surface area contributed by atoms with Crippen LogP contribution in [0.2, 0.25) is 5.02 Å². The molecule has 0 heterocycles. The molecule has 20 heavy (non-hydrogen) atoms. The molecule has 0 saturated heterocycles. The summed E-state index contributed by atoms with van der Waals surface area (Å²) in [6.07, 6.45) is 0. The number of sulfonamides is 1. The van der Waals surface area contributed by atoms with Gasteiger partial charge in [0, 0.05) is 29.8 Å². The van der Waals surface area contributed by atoms with E-state index in [1.165, 1.54) is 12.1 Å². The Morgan fingerprint density at radius 2 is 2.00 bits per heavy atom. The quantitative estimate of drug-likeness (QED) is 0.785. The van der Waals surface area contributed by atoms with Gasteiger partial charge in [-0.05, 0) is 45.5 Å². The van der Waals surface area contributed by atoms with E-state index in [0.717, 1.165) is 0 Å². The maximum Gasteiger partial charge on any atom is 0.240 e. The topological polar surface area (TPSA) is 75.4 Å². The van der Waals surface area contributed by atoms with Gasteiger partial charge >= 0.3 is 0 Å². The van der Waals surface area contributed by atoms with Gasteiger partial charge in [-0.25, -0.2) is 13.1 Å². The number of hydrogen-bond donors (Lipinski definition) is 2. The molecule has 3 N–H and O–H groups in total. The van der Waals surface area contributed by atoms with Crippen molar-refractivity contribution < 1.29 is 8.42 Å². The smallest absolute Gasteiger partial charge is 0.240 e. The van der Waals surface area contributed by atoms with Gasteiger partial charge in [-0.3, -0.25) is 0 Å². The van der Waals surface area contributed by atoms with Crippen LogP contribution in [0.15, 0.2) is 17.0 Å². The third-order valence-electron chi connectivity index (χ3n) is 3.31. The third kappa shape index (κ3) is 4.34. The maximum atomic E-state index is 12.2. The van der Waals surface area contributed by atoms with Gasteiger partial charge in [-0.1, -0.05) is 11.6 Å². The first kappa shape index (κ1) is 17.2. The highest BCUT2D eigenvalue weighted by Crippen LogP contribution is 2.25. The van der Waals surface area contributed by atoms with E-state index in [1.807, 2.05) is 7.05 Å². The number of rotatable bonds is 6. The van der Waals surface area contributed by atoms with Crippen LogP contribution >= 0.6 is 11.6 Å². The fraction of sp³-hybridized carbons (Fsp3) is 0.538. The molecule has 1 rings (SSSR count). The highest BCUT2D eigenvalue weighted by atomic mass is 35.5. The lowest BCUT2D eigenvalue weighted by atomic mass is 10.2. The van der Waals surface area contributed by atoms with Crippen LogP contribution in [0, 0.1) is 6.92 Å². The molecule has 0 radical (unpaired) electrons. The molecule has 1 aromatic carbocycles. The molecule has 0 bridgehead atoms. The first-order chi connectivity index (χ1) is 9.15. The van der Waals surface area contributed by atoms with Crippen molar-refractivity contribution in [2.24, 2.45) is 0 Å². The van der Waals surface area contributed by atoms with Crippen LogP contribution in [-0.2, 0) is 10.0 Å². The molecule has 1 aromatic rings. The average molecular weight is 320 g/mol. The molecule has 0 aliphatic rings. The monoisotopic (exact) mass is 319 g/mol. The summed E-state index contributed by atoms with van der Waals surface area (Å²) in [6, 6.07) is 3.21. The number of benzene rings is 1. The fourth-order valence-electron chi connectivity index (χ4n) is 1.53. The fourth-order valence-corrected chi connectivity index (χ4v) is 2.90. The second kappa shape index (κ2) is 6.76. The summed E-state index contributed by atoms with van der Waals surface area (Å²) in [6.45, 7) is 6.82. The highest BCUT2D eigenvalue weighted by molar-refractivity contribution is 7.89. The molecule has 7 heteroatoms. The molecule has 0 saturated carbocycles. The zero-order valence-corrected chi connectivity index (χ0v) is 13.8. The van der Waals surface area contributed by atoms with Crippen LogP contribution < -0.4 is 10.5 Å². The van der Waals surface area contributed by atoms with Crippen molar-refractivity contribution in [1.29, 1.82) is 0 Å². The largest absolute Gasteiger partial charge is 0.398 e. The van der Waals surface area contributed by atoms with Crippen molar-refractivity contribution in [2.45, 2.75) is 31.7 Å². The number of likely N-dealkylation sites (N-methyl/N-ethyl adjacent to an activating group) is 1. The lowest BCUT2D eigenvalue weighted by Crippen LogP contribution is -2.36. The van der Waals surface area contributed by atoms with Crippen LogP contribution in [0.4, 0.5) is 5.69 Å². The van der Waals surface area contributed by atoms with E-state index in [4.69, 9.17) is 17.3 Å². The van der Waals surface area contributed by atoms with Gasteiger partial charge in [0.2, 0.25) is 10.0 Å². The van der Waals surface area contributed by atoms with Crippen molar-refractivity contribution >= 4 is 27.3 Å². The van der Waals surface area contributed by atoms with Crippen LogP contribution in [0.5, 0.6) is 0 Å². The summed E-state index contributed by atoms with van der Waals surface area (Å²) in [7, 11) is -1.64. The summed E-state index contributed by atoms with van der Waals surface area (Å²) in [4.78, 5) is 2.15. The number of anilines is 1. The van der Waals surface area contributed by atoms with Crippen molar-refractivity contribution in [1.82, 2.24) is 9.62 Å². The predicted octanol–water partition coefficient (Wildman–Crippen LogP) is 1.85. The second-order valence-electron chi connectivity index (χ2n) is 5.09. The van der Waals surface area contributed by atoms with E-state index < -0.39 is 10.0 Å². The van der Waals surface area contributed by atoms with E-state index in [9.17, 15) is 8.42 Å². The van der Waals surface area contributed by atoms with Gasteiger partial charge in [0.1, 0.15) is 0 Å². The van der Waals surface area contributed by atoms with E-state index in [2.05, 4.69) is 23.5 Å². The van der Waals surface area contributed by atoms with Crippen LogP contribution in [-0.4, -0.2) is 39.5 Å². The Balaban J connectivity index is 2.80. The van der Waals surface area contributed by atoms with E-state index in [0.29, 0.717) is 35.4 Å². The van der Waals surface area contributed by atoms with Gasteiger partial charge in [0.05, 0.1) is 4.90 Å². The number of nitrogens with one attached hydrogen (secondary N) is 1. The lowest BCUT2D eigenvalue weighted by Gasteiger charge is -2.21. The number of nitrogens with zero attached hydrogens (tertiary/aromatic N) is 1. The number of nitrogens with two attached hydrogens (primary N) is 1. The third-order valence-corrected chi connectivity index (χ3v) is 5.14. The molecule has 0 aliphatic heterocycles. The molecular formula is C13H22ClN3O2S. The summed E-state index contributed by atoms with van der Waals surface area (Å²) >= 11 is 5.97. The van der Waals surface area contributed by atoms with Crippen LogP contribution in [0.3, 0.4) is 0 Å². The number of hydrogen-bond acceptors (Lipinski definition) is 4. The molecule has 5 nitrogen and oxygen atoms in total. The molecule has 0 amide bonds.